The Hall–Kier alpha value is -1.55. The van der Waals surface area contributed by atoms with Crippen LogP contribution >= 0.6 is 0 Å². The van der Waals surface area contributed by atoms with E-state index in [4.69, 9.17) is 5.11 Å². The Kier molecular flexibility index (Phi) is 4.50. The van der Waals surface area contributed by atoms with E-state index in [-0.39, 0.29) is 5.91 Å². The lowest BCUT2D eigenvalue weighted by Gasteiger charge is -2.06. The van der Waals surface area contributed by atoms with Crippen LogP contribution in [0.3, 0.4) is 0 Å². The number of benzene rings is 1. The molecule has 4 nitrogen and oxygen atoms in total. The summed E-state index contributed by atoms with van der Waals surface area (Å²) in [5.41, 5.74) is 1.02. The molecule has 0 atom stereocenters. The Morgan fingerprint density at radius 1 is 1.21 bits per heavy atom. The molecule has 0 aliphatic rings. The molecule has 0 radical (unpaired) electrons. The van der Waals surface area contributed by atoms with Crippen LogP contribution in [0.1, 0.15) is 0 Å². The average molecular weight is 194 g/mol. The molecule has 1 amide bonds. The number of rotatable bonds is 5. The summed E-state index contributed by atoms with van der Waals surface area (Å²) in [6, 6.07) is 9.73. The van der Waals surface area contributed by atoms with Gasteiger partial charge in [0.1, 0.15) is 6.61 Å². The van der Waals surface area contributed by atoms with Crippen LogP contribution in [-0.4, -0.2) is 30.7 Å². The van der Waals surface area contributed by atoms with Crippen LogP contribution in [0, 0.1) is 0 Å². The smallest absolute Gasteiger partial charge is 0.245 e. The van der Waals surface area contributed by atoms with Crippen LogP contribution in [0.15, 0.2) is 30.3 Å². The number of carbonyl (C=O) groups excluding carboxylic acids is 1. The average Bonchev–Trinajstić information content (AvgIpc) is 2.25. The first-order valence-corrected chi connectivity index (χ1v) is 4.49. The van der Waals surface area contributed by atoms with E-state index in [1.165, 1.54) is 0 Å². The third kappa shape index (κ3) is 3.91. The number of amides is 1. The van der Waals surface area contributed by atoms with E-state index in [1.807, 2.05) is 30.3 Å². The molecule has 1 rings (SSSR count). The van der Waals surface area contributed by atoms with Crippen LogP contribution < -0.4 is 10.6 Å². The zero-order valence-corrected chi connectivity index (χ0v) is 7.86. The predicted octanol–water partition coefficient (Wildman–Crippen LogP) is 0.207. The molecule has 0 saturated carbocycles. The first-order valence-electron chi connectivity index (χ1n) is 4.49. The molecule has 0 aromatic heterocycles. The highest BCUT2D eigenvalue weighted by molar-refractivity contribution is 5.76. The minimum atomic E-state index is -0.453. The number of aliphatic hydroxyl groups excluding tert-OH is 1. The fourth-order valence-corrected chi connectivity index (χ4v) is 1.02. The van der Waals surface area contributed by atoms with E-state index in [9.17, 15) is 4.79 Å². The molecule has 14 heavy (non-hydrogen) atoms. The molecule has 76 valence electrons. The first-order chi connectivity index (χ1) is 6.83. The van der Waals surface area contributed by atoms with E-state index in [1.54, 1.807) is 0 Å². The zero-order chi connectivity index (χ0) is 10.2. The highest BCUT2D eigenvalue weighted by atomic mass is 16.3. The van der Waals surface area contributed by atoms with Gasteiger partial charge in [-0.1, -0.05) is 18.2 Å². The zero-order valence-electron chi connectivity index (χ0n) is 7.86. The standard InChI is InChI=1S/C10H14N2O2/c13-8-10(14)12-7-6-11-9-4-2-1-3-5-9/h1-5,11,13H,6-8H2,(H,12,14). The van der Waals surface area contributed by atoms with Crippen molar-refractivity contribution in [2.24, 2.45) is 0 Å². The fraction of sp³-hybridized carbons (Fsp3) is 0.300. The lowest BCUT2D eigenvalue weighted by molar-refractivity contribution is -0.123. The fourth-order valence-electron chi connectivity index (χ4n) is 1.02. The third-order valence-electron chi connectivity index (χ3n) is 1.69. The van der Waals surface area contributed by atoms with E-state index >= 15 is 0 Å². The largest absolute Gasteiger partial charge is 0.387 e. The molecule has 1 aromatic carbocycles. The highest BCUT2D eigenvalue weighted by Crippen LogP contribution is 2.03. The van der Waals surface area contributed by atoms with Gasteiger partial charge in [-0.05, 0) is 12.1 Å². The maximum Gasteiger partial charge on any atom is 0.245 e. The van der Waals surface area contributed by atoms with Gasteiger partial charge in [-0.3, -0.25) is 4.79 Å². The summed E-state index contributed by atoms with van der Waals surface area (Å²) in [6.45, 7) is 0.704. The Labute approximate surface area is 82.9 Å². The minimum Gasteiger partial charge on any atom is -0.387 e. The number of hydrogen-bond donors (Lipinski definition) is 3. The number of para-hydroxylation sites is 1. The molecule has 3 N–H and O–H groups in total. The molecule has 0 aliphatic carbocycles. The topological polar surface area (TPSA) is 61.4 Å². The highest BCUT2D eigenvalue weighted by Gasteiger charge is 1.95. The van der Waals surface area contributed by atoms with Crippen LogP contribution in [-0.2, 0) is 4.79 Å². The summed E-state index contributed by atoms with van der Waals surface area (Å²) >= 11 is 0. The number of hydrogen-bond acceptors (Lipinski definition) is 3. The molecule has 4 heteroatoms. The molecule has 0 bridgehead atoms. The molecule has 0 aliphatic heterocycles. The van der Waals surface area contributed by atoms with Crippen LogP contribution in [0.4, 0.5) is 5.69 Å². The maximum atomic E-state index is 10.6. The molecule has 0 spiro atoms. The Morgan fingerprint density at radius 3 is 2.57 bits per heavy atom. The third-order valence-corrected chi connectivity index (χ3v) is 1.69. The van der Waals surface area contributed by atoms with Gasteiger partial charge in [-0.2, -0.15) is 0 Å². The normalized spacial score (nSPS) is 9.50. The van der Waals surface area contributed by atoms with Crippen molar-refractivity contribution < 1.29 is 9.90 Å². The van der Waals surface area contributed by atoms with Crippen molar-refractivity contribution in [3.8, 4) is 0 Å². The molecule has 0 unspecified atom stereocenters. The molecular weight excluding hydrogens is 180 g/mol. The summed E-state index contributed by atoms with van der Waals surface area (Å²) < 4.78 is 0. The number of aliphatic hydroxyl groups is 1. The van der Waals surface area contributed by atoms with Crippen LogP contribution in [0.5, 0.6) is 0 Å². The van der Waals surface area contributed by atoms with Crippen molar-refractivity contribution in [3.63, 3.8) is 0 Å². The van der Waals surface area contributed by atoms with Gasteiger partial charge >= 0.3 is 0 Å². The molecule has 0 fully saturated rings. The van der Waals surface area contributed by atoms with E-state index in [0.29, 0.717) is 13.1 Å². The van der Waals surface area contributed by atoms with Gasteiger partial charge in [0.15, 0.2) is 0 Å². The lowest BCUT2D eigenvalue weighted by Crippen LogP contribution is -2.30. The van der Waals surface area contributed by atoms with Gasteiger partial charge in [0.2, 0.25) is 5.91 Å². The summed E-state index contributed by atoms with van der Waals surface area (Å²) in [5.74, 6) is -0.347. The van der Waals surface area contributed by atoms with Gasteiger partial charge in [0.05, 0.1) is 0 Å². The molecule has 1 aromatic rings. The van der Waals surface area contributed by atoms with Crippen molar-refractivity contribution in [1.82, 2.24) is 5.32 Å². The number of anilines is 1. The maximum absolute atomic E-state index is 10.6. The Balaban J connectivity index is 2.13. The quantitative estimate of drug-likeness (QED) is 0.587. The second kappa shape index (κ2) is 5.99. The SMILES string of the molecule is O=C(CO)NCCNc1ccccc1. The minimum absolute atomic E-state index is 0.347. The van der Waals surface area contributed by atoms with Gasteiger partial charge in [0.25, 0.3) is 0 Å². The van der Waals surface area contributed by atoms with Crippen molar-refractivity contribution in [1.29, 1.82) is 0 Å². The second-order valence-corrected chi connectivity index (χ2v) is 2.80. The Bertz CT molecular complexity index is 275. The van der Waals surface area contributed by atoms with Crippen molar-refractivity contribution in [2.45, 2.75) is 0 Å². The predicted molar refractivity (Wildman–Crippen MR) is 55.0 cm³/mol. The van der Waals surface area contributed by atoms with Crippen LogP contribution in [0.25, 0.3) is 0 Å². The number of carbonyl (C=O) groups is 1. The van der Waals surface area contributed by atoms with Gasteiger partial charge in [-0.15, -0.1) is 0 Å². The van der Waals surface area contributed by atoms with E-state index in [0.717, 1.165) is 5.69 Å². The van der Waals surface area contributed by atoms with Crippen molar-refractivity contribution in [3.05, 3.63) is 30.3 Å². The molecule has 0 saturated heterocycles. The van der Waals surface area contributed by atoms with Crippen LogP contribution in [0.2, 0.25) is 0 Å². The van der Waals surface area contributed by atoms with Gasteiger partial charge in [-0.25, -0.2) is 0 Å². The summed E-state index contributed by atoms with van der Waals surface area (Å²) in [6.07, 6.45) is 0. The Morgan fingerprint density at radius 2 is 1.93 bits per heavy atom. The van der Waals surface area contributed by atoms with E-state index < -0.39 is 6.61 Å². The number of nitrogens with one attached hydrogen (secondary N) is 2. The lowest BCUT2D eigenvalue weighted by atomic mass is 10.3. The summed E-state index contributed by atoms with van der Waals surface area (Å²) in [5, 5.41) is 14.1. The van der Waals surface area contributed by atoms with Gasteiger partial charge < -0.3 is 15.7 Å². The summed E-state index contributed by atoms with van der Waals surface area (Å²) in [7, 11) is 0. The van der Waals surface area contributed by atoms with Crippen molar-refractivity contribution in [2.75, 3.05) is 25.0 Å². The van der Waals surface area contributed by atoms with Gasteiger partial charge in [0, 0.05) is 18.8 Å². The summed E-state index contributed by atoms with van der Waals surface area (Å²) in [4.78, 5) is 10.6. The first kappa shape index (κ1) is 10.5. The van der Waals surface area contributed by atoms with Crippen molar-refractivity contribution >= 4 is 11.6 Å². The molecule has 0 heterocycles. The van der Waals surface area contributed by atoms with E-state index in [2.05, 4.69) is 10.6 Å². The molecular formula is C10H14N2O2. The monoisotopic (exact) mass is 194 g/mol. The second-order valence-electron chi connectivity index (χ2n) is 2.80.